The number of hydrogen-bond donors (Lipinski definition) is 1. The molecule has 1 heterocycles. The van der Waals surface area contributed by atoms with Crippen molar-refractivity contribution in [2.75, 3.05) is 33.5 Å². The van der Waals surface area contributed by atoms with E-state index in [1.54, 1.807) is 53.1 Å². The molecule has 2 amide bonds. The molecule has 2 aromatic rings. The van der Waals surface area contributed by atoms with Crippen LogP contribution >= 0.6 is 11.8 Å². The Kier molecular flexibility index (Phi) is 10.3. The number of methoxy groups -OCH3 is 1. The summed E-state index contributed by atoms with van der Waals surface area (Å²) < 4.78 is 45.8. The van der Waals surface area contributed by atoms with E-state index < -0.39 is 50.9 Å². The van der Waals surface area contributed by atoms with E-state index in [1.165, 1.54) is 61.0 Å². The van der Waals surface area contributed by atoms with Crippen LogP contribution in [-0.2, 0) is 24.3 Å². The summed E-state index contributed by atoms with van der Waals surface area (Å²) in [5.41, 5.74) is -1.52. The smallest absolute Gasteiger partial charge is 0.414 e. The van der Waals surface area contributed by atoms with Gasteiger partial charge in [0.05, 0.1) is 13.2 Å². The van der Waals surface area contributed by atoms with Gasteiger partial charge in [-0.05, 0) is 50.6 Å². The lowest BCUT2D eigenvalue weighted by Crippen LogP contribution is -2.63. The predicted molar refractivity (Wildman–Crippen MR) is 155 cm³/mol. The number of hydrogen-bond acceptors (Lipinski definition) is 10. The first-order valence-corrected chi connectivity index (χ1v) is 15.5. The van der Waals surface area contributed by atoms with Gasteiger partial charge in [0.1, 0.15) is 21.8 Å². The van der Waals surface area contributed by atoms with Crippen molar-refractivity contribution in [2.45, 2.75) is 55.5 Å². The van der Waals surface area contributed by atoms with Gasteiger partial charge in [-0.1, -0.05) is 31.2 Å². The number of ether oxygens (including phenoxy) is 3. The molecule has 0 aliphatic carbocycles. The molecule has 0 bridgehead atoms. The summed E-state index contributed by atoms with van der Waals surface area (Å²) in [6.07, 6.45) is -1.16. The van der Waals surface area contributed by atoms with Crippen LogP contribution in [0.3, 0.4) is 0 Å². The normalized spacial score (nSPS) is 17.3. The third-order valence-corrected chi connectivity index (χ3v) is 9.77. The molecule has 1 N–H and O–H groups in total. The predicted octanol–water partition coefficient (Wildman–Crippen LogP) is 3.45. The molecule has 13 heteroatoms. The Morgan fingerprint density at radius 3 is 2.22 bits per heavy atom. The number of para-hydroxylation sites is 1. The average molecular weight is 608 g/mol. The Morgan fingerprint density at radius 2 is 1.68 bits per heavy atom. The average Bonchev–Trinajstić information content (AvgIpc) is 3.47. The molecule has 11 nitrogen and oxygen atoms in total. The van der Waals surface area contributed by atoms with Gasteiger partial charge >= 0.3 is 12.1 Å². The molecule has 224 valence electrons. The molecule has 1 aliphatic rings. The quantitative estimate of drug-likeness (QED) is 0.401. The number of sulfonamides is 1. The van der Waals surface area contributed by atoms with E-state index >= 15 is 0 Å². The van der Waals surface area contributed by atoms with Crippen LogP contribution in [-0.4, -0.2) is 86.1 Å². The highest BCUT2D eigenvalue weighted by atomic mass is 32.2. The van der Waals surface area contributed by atoms with Crippen molar-refractivity contribution in [3.05, 3.63) is 54.1 Å². The maximum atomic E-state index is 14.4. The van der Waals surface area contributed by atoms with Gasteiger partial charge in [0.15, 0.2) is 5.54 Å². The third-order valence-electron chi connectivity index (χ3n) is 6.70. The molecule has 0 radical (unpaired) electrons. The first-order chi connectivity index (χ1) is 19.2. The van der Waals surface area contributed by atoms with Crippen LogP contribution in [0.5, 0.6) is 11.5 Å². The van der Waals surface area contributed by atoms with Crippen LogP contribution in [0.25, 0.3) is 0 Å². The van der Waals surface area contributed by atoms with Crippen LogP contribution in [0.15, 0.2) is 53.4 Å². The van der Waals surface area contributed by atoms with Gasteiger partial charge in [-0.25, -0.2) is 22.3 Å². The van der Waals surface area contributed by atoms with Crippen LogP contribution in [0.4, 0.5) is 4.79 Å². The number of nitrogens with zero attached hydrogens (tertiary/aromatic N) is 2. The zero-order valence-corrected chi connectivity index (χ0v) is 25.9. The monoisotopic (exact) mass is 607 g/mol. The number of esters is 1. The van der Waals surface area contributed by atoms with Gasteiger partial charge in [-0.15, -0.1) is 11.8 Å². The fourth-order valence-electron chi connectivity index (χ4n) is 4.33. The van der Waals surface area contributed by atoms with Crippen LogP contribution < -0.4 is 14.8 Å². The van der Waals surface area contributed by atoms with Gasteiger partial charge in [0, 0.05) is 32.3 Å². The van der Waals surface area contributed by atoms with Crippen LogP contribution in [0.1, 0.15) is 39.2 Å². The van der Waals surface area contributed by atoms with Gasteiger partial charge in [-0.2, -0.15) is 0 Å². The number of carbonyl (C=O) groups excluding carboxylic acids is 3. The Morgan fingerprint density at radius 1 is 1.05 bits per heavy atom. The third kappa shape index (κ3) is 6.79. The van der Waals surface area contributed by atoms with Gasteiger partial charge in [-0.3, -0.25) is 10.1 Å². The zero-order chi connectivity index (χ0) is 30.5. The Balaban J connectivity index is 2.22. The largest absolute Gasteiger partial charge is 0.495 e. The maximum Gasteiger partial charge on any atom is 0.414 e. The molecule has 3 unspecified atom stereocenters. The van der Waals surface area contributed by atoms with E-state index in [1.807, 2.05) is 0 Å². The fourth-order valence-corrected chi connectivity index (χ4v) is 7.28. The number of nitrogens with one attached hydrogen (secondary N) is 1. The SMILES string of the molecule is COc1ccccc1S(=O)(=O)N(C(=O)C1NCCS1)C(C)(C(=O)OC(C)C)C(C)c1ccc(OC(=O)N(C)C)cc1. The van der Waals surface area contributed by atoms with Gasteiger partial charge < -0.3 is 19.1 Å². The highest BCUT2D eigenvalue weighted by molar-refractivity contribution is 8.01. The summed E-state index contributed by atoms with van der Waals surface area (Å²) in [5, 5.41) is 2.13. The van der Waals surface area contributed by atoms with Crippen LogP contribution in [0.2, 0.25) is 0 Å². The second-order valence-electron chi connectivity index (χ2n) is 10.1. The van der Waals surface area contributed by atoms with Crippen molar-refractivity contribution in [1.29, 1.82) is 0 Å². The summed E-state index contributed by atoms with van der Waals surface area (Å²) in [7, 11) is -0.245. The minimum Gasteiger partial charge on any atom is -0.495 e. The van der Waals surface area contributed by atoms with Crippen molar-refractivity contribution in [2.24, 2.45) is 0 Å². The standard InChI is InChI=1S/C28H37N3O8S2/c1-18(2)38-26(33)28(4,19(3)20-12-14-21(15-13-20)39-27(34)30(5)6)31(25(32)24-29-16-17-40-24)41(35,36)23-11-9-8-10-22(23)37-7/h8-15,18-19,24,29H,16-17H2,1-7H3. The topological polar surface area (TPSA) is 132 Å². The molecule has 2 aromatic carbocycles. The molecule has 41 heavy (non-hydrogen) atoms. The van der Waals surface area contributed by atoms with Gasteiger partial charge in [0.2, 0.25) is 0 Å². The van der Waals surface area contributed by atoms with Crippen molar-refractivity contribution in [3.8, 4) is 11.5 Å². The Hall–Kier alpha value is -3.29. The van der Waals surface area contributed by atoms with Gasteiger partial charge in [0.25, 0.3) is 15.9 Å². The van der Waals surface area contributed by atoms with Crippen LogP contribution in [0, 0.1) is 0 Å². The summed E-state index contributed by atoms with van der Waals surface area (Å²) in [6.45, 7) is 6.83. The molecule has 0 saturated carbocycles. The first kappa shape index (κ1) is 32.2. The second kappa shape index (κ2) is 13.1. The minimum atomic E-state index is -4.68. The maximum absolute atomic E-state index is 14.4. The molecular weight excluding hydrogens is 570 g/mol. The summed E-state index contributed by atoms with van der Waals surface area (Å²) in [5.74, 6) is -1.71. The lowest BCUT2D eigenvalue weighted by molar-refractivity contribution is -0.163. The summed E-state index contributed by atoms with van der Waals surface area (Å²) in [6, 6.07) is 12.2. The Bertz CT molecular complexity index is 1360. The van der Waals surface area contributed by atoms with E-state index in [-0.39, 0.29) is 16.4 Å². The molecule has 3 atom stereocenters. The number of amides is 2. The van der Waals surface area contributed by atoms with Crippen molar-refractivity contribution < 1.29 is 37.0 Å². The second-order valence-corrected chi connectivity index (χ2v) is 13.1. The Labute approximate surface area is 245 Å². The van der Waals surface area contributed by atoms with E-state index in [4.69, 9.17) is 14.2 Å². The van der Waals surface area contributed by atoms with E-state index in [0.717, 1.165) is 0 Å². The molecule has 1 fully saturated rings. The van der Waals surface area contributed by atoms with E-state index in [0.29, 0.717) is 22.2 Å². The molecule has 0 aromatic heterocycles. The lowest BCUT2D eigenvalue weighted by atomic mass is 9.81. The molecular formula is C28H37N3O8S2. The number of carbonyl (C=O) groups is 3. The minimum absolute atomic E-state index is 0.0247. The molecule has 3 rings (SSSR count). The van der Waals surface area contributed by atoms with Crippen molar-refractivity contribution >= 4 is 39.8 Å². The molecule has 0 spiro atoms. The number of thioether (sulfide) groups is 1. The van der Waals surface area contributed by atoms with Crippen molar-refractivity contribution in [1.82, 2.24) is 14.5 Å². The highest BCUT2D eigenvalue weighted by Gasteiger charge is 2.56. The van der Waals surface area contributed by atoms with E-state index in [2.05, 4.69) is 5.32 Å². The molecule has 1 saturated heterocycles. The zero-order valence-electron chi connectivity index (χ0n) is 24.2. The van der Waals surface area contributed by atoms with E-state index in [9.17, 15) is 22.8 Å². The van der Waals surface area contributed by atoms with Crippen molar-refractivity contribution in [3.63, 3.8) is 0 Å². The summed E-state index contributed by atoms with van der Waals surface area (Å²) >= 11 is 1.26. The first-order valence-electron chi connectivity index (χ1n) is 13.0. The number of benzene rings is 2. The summed E-state index contributed by atoms with van der Waals surface area (Å²) in [4.78, 5) is 41.1. The molecule has 1 aliphatic heterocycles. The fraction of sp³-hybridized carbons (Fsp3) is 0.464. The highest BCUT2D eigenvalue weighted by Crippen LogP contribution is 2.41. The lowest BCUT2D eigenvalue weighted by Gasteiger charge is -2.43. The number of rotatable bonds is 10.